The maximum absolute atomic E-state index is 13.8. The highest BCUT2D eigenvalue weighted by molar-refractivity contribution is 5.95. The van der Waals surface area contributed by atoms with Gasteiger partial charge in [0.1, 0.15) is 11.6 Å². The summed E-state index contributed by atoms with van der Waals surface area (Å²) >= 11 is 0. The van der Waals surface area contributed by atoms with Crippen molar-refractivity contribution in [3.8, 4) is 11.4 Å². The van der Waals surface area contributed by atoms with Gasteiger partial charge in [0.05, 0.1) is 29.7 Å². The minimum Gasteiger partial charge on any atom is -0.497 e. The largest absolute Gasteiger partial charge is 0.497 e. The summed E-state index contributed by atoms with van der Waals surface area (Å²) in [5.74, 6) is 1.23. The van der Waals surface area contributed by atoms with Gasteiger partial charge in [-0.3, -0.25) is 14.2 Å². The number of benzene rings is 3. The van der Waals surface area contributed by atoms with E-state index in [1.807, 2.05) is 68.4 Å². The van der Waals surface area contributed by atoms with Crippen LogP contribution < -0.4 is 10.3 Å². The monoisotopic (exact) mass is 469 g/mol. The lowest BCUT2D eigenvalue weighted by molar-refractivity contribution is 0.0654. The summed E-state index contributed by atoms with van der Waals surface area (Å²) in [6, 6.07) is 21.8. The number of methoxy groups -OCH3 is 1. The summed E-state index contributed by atoms with van der Waals surface area (Å²) in [4.78, 5) is 34.3. The number of para-hydroxylation sites is 2. The van der Waals surface area contributed by atoms with Crippen molar-refractivity contribution in [3.05, 3.63) is 100 Å². The molecule has 0 aliphatic rings. The van der Waals surface area contributed by atoms with E-state index in [0.717, 1.165) is 11.3 Å². The van der Waals surface area contributed by atoms with Gasteiger partial charge in [-0.05, 0) is 61.7 Å². The van der Waals surface area contributed by atoms with Gasteiger partial charge in [0, 0.05) is 12.1 Å². The van der Waals surface area contributed by atoms with E-state index >= 15 is 0 Å². The van der Waals surface area contributed by atoms with Crippen LogP contribution in [-0.2, 0) is 0 Å². The van der Waals surface area contributed by atoms with Gasteiger partial charge >= 0.3 is 0 Å². The zero-order chi connectivity index (χ0) is 25.1. The average molecular weight is 470 g/mol. The van der Waals surface area contributed by atoms with Crippen LogP contribution in [0.1, 0.15) is 48.6 Å². The molecule has 4 aromatic rings. The molecule has 0 spiro atoms. The Morgan fingerprint density at radius 1 is 1.00 bits per heavy atom. The second-order valence-corrected chi connectivity index (χ2v) is 9.17. The Bertz CT molecular complexity index is 1420. The van der Waals surface area contributed by atoms with Gasteiger partial charge in [-0.1, -0.05) is 50.2 Å². The third-order valence-corrected chi connectivity index (χ3v) is 6.14. The number of carbonyl (C=O) groups is 1. The second-order valence-electron chi connectivity index (χ2n) is 9.17. The molecule has 0 saturated carbocycles. The van der Waals surface area contributed by atoms with E-state index in [1.54, 1.807) is 34.8 Å². The summed E-state index contributed by atoms with van der Waals surface area (Å²) in [7, 11) is 1.58. The smallest absolute Gasteiger partial charge is 0.266 e. The number of amides is 1. The zero-order valence-electron chi connectivity index (χ0n) is 20.9. The van der Waals surface area contributed by atoms with Crippen molar-refractivity contribution in [2.75, 3.05) is 13.7 Å². The number of aromatic nitrogens is 2. The van der Waals surface area contributed by atoms with Gasteiger partial charge in [-0.25, -0.2) is 4.98 Å². The van der Waals surface area contributed by atoms with Crippen LogP contribution in [0.3, 0.4) is 0 Å². The third-order valence-electron chi connectivity index (χ3n) is 6.14. The van der Waals surface area contributed by atoms with Gasteiger partial charge in [-0.15, -0.1) is 0 Å². The average Bonchev–Trinajstić information content (AvgIpc) is 2.87. The molecule has 0 saturated heterocycles. The Morgan fingerprint density at radius 2 is 1.71 bits per heavy atom. The zero-order valence-corrected chi connectivity index (χ0v) is 20.9. The van der Waals surface area contributed by atoms with Gasteiger partial charge in [-0.2, -0.15) is 0 Å². The van der Waals surface area contributed by atoms with E-state index in [1.165, 1.54) is 0 Å². The summed E-state index contributed by atoms with van der Waals surface area (Å²) < 4.78 is 7.00. The Balaban J connectivity index is 1.92. The molecule has 0 aliphatic carbocycles. The van der Waals surface area contributed by atoms with Gasteiger partial charge in [0.2, 0.25) is 0 Å². The van der Waals surface area contributed by atoms with Crippen LogP contribution >= 0.6 is 0 Å². The summed E-state index contributed by atoms with van der Waals surface area (Å²) in [5, 5.41) is 0.543. The molecule has 0 N–H and O–H groups in total. The van der Waals surface area contributed by atoms with Crippen LogP contribution in [0.2, 0.25) is 0 Å². The Morgan fingerprint density at radius 3 is 2.43 bits per heavy atom. The molecule has 180 valence electrons. The molecule has 1 aromatic heterocycles. The van der Waals surface area contributed by atoms with Crippen LogP contribution in [0.15, 0.2) is 77.6 Å². The lowest BCUT2D eigenvalue weighted by Gasteiger charge is -2.32. The van der Waals surface area contributed by atoms with Crippen LogP contribution in [0.4, 0.5) is 0 Å². The Kier molecular flexibility index (Phi) is 7.01. The van der Waals surface area contributed by atoms with E-state index in [0.29, 0.717) is 34.6 Å². The number of ether oxygens (including phenoxy) is 1. The van der Waals surface area contributed by atoms with Crippen LogP contribution in [-0.4, -0.2) is 34.0 Å². The molecular weight excluding hydrogens is 438 g/mol. The van der Waals surface area contributed by atoms with E-state index < -0.39 is 6.04 Å². The lowest BCUT2D eigenvalue weighted by Crippen LogP contribution is -2.39. The molecule has 3 aromatic carbocycles. The van der Waals surface area contributed by atoms with Crippen molar-refractivity contribution in [1.29, 1.82) is 0 Å². The predicted octanol–water partition coefficient (Wildman–Crippen LogP) is 5.56. The third kappa shape index (κ3) is 4.83. The van der Waals surface area contributed by atoms with E-state index in [9.17, 15) is 9.59 Å². The van der Waals surface area contributed by atoms with Crippen molar-refractivity contribution < 1.29 is 9.53 Å². The first-order chi connectivity index (χ1) is 16.8. The minimum absolute atomic E-state index is 0.135. The maximum atomic E-state index is 13.8. The highest BCUT2D eigenvalue weighted by Crippen LogP contribution is 2.27. The molecule has 35 heavy (non-hydrogen) atoms. The first-order valence-corrected chi connectivity index (χ1v) is 11.8. The van der Waals surface area contributed by atoms with Crippen LogP contribution in [0.25, 0.3) is 16.6 Å². The Labute approximate surface area is 205 Å². The molecule has 1 atom stereocenters. The number of hydrogen-bond donors (Lipinski definition) is 0. The van der Waals surface area contributed by atoms with Gasteiger partial charge in [0.15, 0.2) is 0 Å². The Hall–Kier alpha value is -3.93. The van der Waals surface area contributed by atoms with Gasteiger partial charge in [0.25, 0.3) is 11.5 Å². The molecule has 1 amide bonds. The minimum atomic E-state index is -0.465. The fraction of sp³-hybridized carbons (Fsp3) is 0.276. The number of carbonyl (C=O) groups excluding carboxylic acids is 1. The SMILES string of the molecule is COc1cccc(C(=O)N(CC(C)C)C(C)c2nc3ccccc3c(=O)n2-c2ccccc2C)c1. The van der Waals surface area contributed by atoms with E-state index in [-0.39, 0.29) is 17.4 Å². The van der Waals surface area contributed by atoms with Gasteiger partial charge < -0.3 is 9.64 Å². The molecule has 6 nitrogen and oxygen atoms in total. The normalized spacial score (nSPS) is 12.1. The topological polar surface area (TPSA) is 64.4 Å². The molecule has 4 rings (SSSR count). The molecule has 0 fully saturated rings. The summed E-state index contributed by atoms with van der Waals surface area (Å²) in [6.07, 6.45) is 0. The van der Waals surface area contributed by atoms with Crippen molar-refractivity contribution in [1.82, 2.24) is 14.5 Å². The maximum Gasteiger partial charge on any atom is 0.266 e. The van der Waals surface area contributed by atoms with Crippen LogP contribution in [0, 0.1) is 12.8 Å². The van der Waals surface area contributed by atoms with E-state index in [4.69, 9.17) is 9.72 Å². The van der Waals surface area contributed by atoms with Crippen molar-refractivity contribution >= 4 is 16.8 Å². The van der Waals surface area contributed by atoms with Crippen molar-refractivity contribution in [2.24, 2.45) is 5.92 Å². The summed E-state index contributed by atoms with van der Waals surface area (Å²) in [5.41, 5.74) is 2.71. The van der Waals surface area contributed by atoms with Crippen LogP contribution in [0.5, 0.6) is 5.75 Å². The number of nitrogens with zero attached hydrogens (tertiary/aromatic N) is 3. The lowest BCUT2D eigenvalue weighted by atomic mass is 10.1. The van der Waals surface area contributed by atoms with Crippen molar-refractivity contribution in [2.45, 2.75) is 33.7 Å². The molecular formula is C29H31N3O3. The first kappa shape index (κ1) is 24.2. The summed E-state index contributed by atoms with van der Waals surface area (Å²) in [6.45, 7) is 8.56. The number of hydrogen-bond acceptors (Lipinski definition) is 4. The molecule has 6 heteroatoms. The quantitative estimate of drug-likeness (QED) is 0.355. The molecule has 1 heterocycles. The fourth-order valence-electron chi connectivity index (χ4n) is 4.35. The highest BCUT2D eigenvalue weighted by Gasteiger charge is 2.28. The number of rotatable bonds is 7. The standard InChI is InChI=1S/C29H31N3O3/c1-19(2)18-31(28(33)22-12-10-13-23(17-22)35-5)21(4)27-30-25-15-8-7-14-24(25)29(34)32(27)26-16-9-6-11-20(26)3/h6-17,19,21H,18H2,1-5H3. The molecule has 0 aliphatic heterocycles. The highest BCUT2D eigenvalue weighted by atomic mass is 16.5. The fourth-order valence-corrected chi connectivity index (χ4v) is 4.35. The molecule has 0 radical (unpaired) electrons. The van der Waals surface area contributed by atoms with Crippen molar-refractivity contribution in [3.63, 3.8) is 0 Å². The predicted molar refractivity (Wildman–Crippen MR) is 139 cm³/mol. The molecule has 1 unspecified atom stereocenters. The van der Waals surface area contributed by atoms with E-state index in [2.05, 4.69) is 13.8 Å². The number of aryl methyl sites for hydroxylation is 1. The molecule has 0 bridgehead atoms. The second kappa shape index (κ2) is 10.1. The first-order valence-electron chi connectivity index (χ1n) is 11.8. The number of fused-ring (bicyclic) bond motifs is 1.